The summed E-state index contributed by atoms with van der Waals surface area (Å²) in [6.07, 6.45) is 2.11. The van der Waals surface area contributed by atoms with Crippen LogP contribution in [-0.4, -0.2) is 53.0 Å². The van der Waals surface area contributed by atoms with Gasteiger partial charge in [-0.25, -0.2) is 9.48 Å². The molecule has 0 unspecified atom stereocenters. The van der Waals surface area contributed by atoms with Gasteiger partial charge in [0, 0.05) is 18.2 Å². The molecule has 160 valence electrons. The zero-order valence-corrected chi connectivity index (χ0v) is 17.4. The van der Waals surface area contributed by atoms with E-state index in [1.54, 1.807) is 30.3 Å². The summed E-state index contributed by atoms with van der Waals surface area (Å²) in [5, 5.41) is 31.9. The second kappa shape index (κ2) is 9.23. The van der Waals surface area contributed by atoms with Gasteiger partial charge in [0.2, 0.25) is 0 Å². The number of benzene rings is 1. The quantitative estimate of drug-likeness (QED) is 0.397. The van der Waals surface area contributed by atoms with Crippen LogP contribution in [0.4, 0.5) is 0 Å². The first-order valence-electron chi connectivity index (χ1n) is 8.99. The van der Waals surface area contributed by atoms with Crippen LogP contribution in [0.5, 0.6) is 0 Å². The van der Waals surface area contributed by atoms with Crippen LogP contribution < -0.4 is 0 Å². The van der Waals surface area contributed by atoms with Gasteiger partial charge in [-0.1, -0.05) is 42.2 Å². The van der Waals surface area contributed by atoms with Gasteiger partial charge in [-0.2, -0.15) is 5.10 Å². The summed E-state index contributed by atoms with van der Waals surface area (Å²) in [5.74, 6) is -6.80. The lowest BCUT2D eigenvalue weighted by Crippen LogP contribution is -2.31. The van der Waals surface area contributed by atoms with Crippen molar-refractivity contribution in [1.82, 2.24) is 9.78 Å². The number of carbonyl (C=O) groups excluding carboxylic acids is 1. The van der Waals surface area contributed by atoms with E-state index in [4.69, 9.17) is 17.3 Å². The van der Waals surface area contributed by atoms with Crippen molar-refractivity contribution in [1.29, 1.82) is 0 Å². The van der Waals surface area contributed by atoms with Gasteiger partial charge in [-0.05, 0) is 24.6 Å². The number of thioether (sulfide) groups is 1. The molecule has 1 fully saturated rings. The summed E-state index contributed by atoms with van der Waals surface area (Å²) in [6, 6.07) is 8.79. The molecule has 1 saturated heterocycles. The average molecular weight is 460 g/mol. The number of allylic oxidation sites excluding steroid dienone is 1. The number of thiocarbonyl (C=S) groups is 1. The Hall–Kier alpha value is -3.31. The minimum absolute atomic E-state index is 0.0895. The molecule has 1 aliphatic rings. The highest BCUT2D eigenvalue weighted by Gasteiger charge is 2.44. The van der Waals surface area contributed by atoms with Crippen molar-refractivity contribution >= 4 is 57.9 Å². The molecule has 0 aliphatic carbocycles. The molecule has 2 atom stereocenters. The van der Waals surface area contributed by atoms with Crippen molar-refractivity contribution in [2.45, 2.75) is 12.8 Å². The summed E-state index contributed by atoms with van der Waals surface area (Å²) in [4.78, 5) is 47.1. The van der Waals surface area contributed by atoms with Crippen molar-refractivity contribution in [2.24, 2.45) is 11.8 Å². The smallest absolute Gasteiger partial charge is 0.357 e. The van der Waals surface area contributed by atoms with Crippen LogP contribution >= 0.6 is 24.0 Å². The van der Waals surface area contributed by atoms with E-state index in [0.717, 1.165) is 11.8 Å². The lowest BCUT2D eigenvalue weighted by atomic mass is 9.86. The standard InChI is InChI=1S/C20H16N2O7S2/c23-14(24)7-6-12(18(26)27)15-17(25)13(31-20(15)30)8-10-9-22(21-16(10)19(28)29)11-4-2-1-3-5-11/h1-5,8-9,12,15H,6-7H2,(H,23,24)(H,26,27)(H,28,29)/b13-8-/t12-,15-/m1/s1. The fourth-order valence-corrected chi connectivity index (χ4v) is 4.72. The molecule has 0 radical (unpaired) electrons. The van der Waals surface area contributed by atoms with Gasteiger partial charge in [-0.15, -0.1) is 0 Å². The zero-order chi connectivity index (χ0) is 22.7. The average Bonchev–Trinajstić information content (AvgIpc) is 3.25. The predicted octanol–water partition coefficient (Wildman–Crippen LogP) is 2.74. The Labute approximate surface area is 185 Å². The number of hydrogen-bond acceptors (Lipinski definition) is 7. The van der Waals surface area contributed by atoms with Crippen LogP contribution in [0.15, 0.2) is 41.4 Å². The Morgan fingerprint density at radius 1 is 1.19 bits per heavy atom. The number of para-hydroxylation sites is 1. The van der Waals surface area contributed by atoms with Crippen LogP contribution in [0.1, 0.15) is 28.9 Å². The molecule has 1 aromatic heterocycles. The lowest BCUT2D eigenvalue weighted by molar-refractivity contribution is -0.145. The summed E-state index contributed by atoms with van der Waals surface area (Å²) in [6.45, 7) is 0. The molecular formula is C20H16N2O7S2. The molecule has 1 aromatic carbocycles. The van der Waals surface area contributed by atoms with E-state index in [1.165, 1.54) is 17.0 Å². The number of aliphatic carboxylic acids is 2. The molecule has 0 bridgehead atoms. The topological polar surface area (TPSA) is 147 Å². The van der Waals surface area contributed by atoms with Gasteiger partial charge in [0.1, 0.15) is 0 Å². The number of rotatable bonds is 8. The Morgan fingerprint density at radius 3 is 2.45 bits per heavy atom. The van der Waals surface area contributed by atoms with Gasteiger partial charge in [0.25, 0.3) is 0 Å². The SMILES string of the molecule is O=C(O)CC[C@@H](C(=O)O)[C@@H]1C(=O)/C(=C/c2cn(-c3ccccc3)nc2C(=O)O)SC1=S. The van der Waals surface area contributed by atoms with Gasteiger partial charge in [0.05, 0.1) is 26.6 Å². The van der Waals surface area contributed by atoms with Crippen LogP contribution in [0, 0.1) is 11.8 Å². The molecule has 31 heavy (non-hydrogen) atoms. The van der Waals surface area contributed by atoms with E-state index in [-0.39, 0.29) is 26.8 Å². The van der Waals surface area contributed by atoms with E-state index in [9.17, 15) is 29.4 Å². The summed E-state index contributed by atoms with van der Waals surface area (Å²) >= 11 is 6.09. The highest BCUT2D eigenvalue weighted by atomic mass is 32.2. The lowest BCUT2D eigenvalue weighted by Gasteiger charge is -2.16. The van der Waals surface area contributed by atoms with E-state index in [1.807, 2.05) is 0 Å². The number of carboxylic acids is 3. The Balaban J connectivity index is 1.95. The van der Waals surface area contributed by atoms with E-state index in [0.29, 0.717) is 5.69 Å². The third-order valence-corrected chi connectivity index (χ3v) is 6.13. The van der Waals surface area contributed by atoms with Gasteiger partial charge in [0.15, 0.2) is 11.5 Å². The number of aromatic nitrogens is 2. The molecule has 2 aromatic rings. The second-order valence-electron chi connectivity index (χ2n) is 6.67. The molecule has 0 spiro atoms. The first-order valence-corrected chi connectivity index (χ1v) is 10.2. The first kappa shape index (κ1) is 22.4. The summed E-state index contributed by atoms with van der Waals surface area (Å²) in [7, 11) is 0. The third kappa shape index (κ3) is 4.89. The highest BCUT2D eigenvalue weighted by molar-refractivity contribution is 8.27. The van der Waals surface area contributed by atoms with Gasteiger partial charge in [-0.3, -0.25) is 14.4 Å². The van der Waals surface area contributed by atoms with Crippen molar-refractivity contribution < 1.29 is 34.5 Å². The van der Waals surface area contributed by atoms with Crippen molar-refractivity contribution in [3.8, 4) is 5.69 Å². The normalized spacial score (nSPS) is 18.3. The number of Topliss-reactive ketones (excluding diaryl/α,β-unsaturated/α-hetero) is 1. The number of ketones is 1. The molecule has 0 amide bonds. The Morgan fingerprint density at radius 2 is 1.87 bits per heavy atom. The van der Waals surface area contributed by atoms with Gasteiger partial charge < -0.3 is 15.3 Å². The number of aromatic carboxylic acids is 1. The van der Waals surface area contributed by atoms with E-state index >= 15 is 0 Å². The Kier molecular flexibility index (Phi) is 6.66. The van der Waals surface area contributed by atoms with Crippen molar-refractivity contribution in [3.05, 3.63) is 52.7 Å². The fraction of sp³-hybridized carbons (Fsp3) is 0.200. The third-order valence-electron chi connectivity index (χ3n) is 4.63. The second-order valence-corrected chi connectivity index (χ2v) is 8.45. The maximum atomic E-state index is 12.9. The molecular weight excluding hydrogens is 444 g/mol. The maximum absolute atomic E-state index is 12.9. The highest BCUT2D eigenvalue weighted by Crippen LogP contribution is 2.41. The predicted molar refractivity (Wildman–Crippen MR) is 115 cm³/mol. The number of hydrogen-bond donors (Lipinski definition) is 3. The van der Waals surface area contributed by atoms with Crippen LogP contribution in [0.25, 0.3) is 11.8 Å². The van der Waals surface area contributed by atoms with E-state index < -0.39 is 41.9 Å². The summed E-state index contributed by atoms with van der Waals surface area (Å²) in [5.41, 5.74) is 0.501. The summed E-state index contributed by atoms with van der Waals surface area (Å²) < 4.78 is 1.48. The monoisotopic (exact) mass is 460 g/mol. The van der Waals surface area contributed by atoms with Crippen LogP contribution in [0.3, 0.4) is 0 Å². The van der Waals surface area contributed by atoms with Crippen LogP contribution in [-0.2, 0) is 14.4 Å². The van der Waals surface area contributed by atoms with Crippen LogP contribution in [0.2, 0.25) is 0 Å². The molecule has 1 aliphatic heterocycles. The Bertz CT molecular complexity index is 1110. The maximum Gasteiger partial charge on any atom is 0.357 e. The minimum Gasteiger partial charge on any atom is -0.481 e. The fourth-order valence-electron chi connectivity index (χ4n) is 3.16. The zero-order valence-electron chi connectivity index (χ0n) is 15.8. The minimum atomic E-state index is -1.31. The molecule has 3 N–H and O–H groups in total. The molecule has 11 heteroatoms. The van der Waals surface area contributed by atoms with Crippen molar-refractivity contribution in [3.63, 3.8) is 0 Å². The van der Waals surface area contributed by atoms with Gasteiger partial charge >= 0.3 is 17.9 Å². The van der Waals surface area contributed by atoms with E-state index in [2.05, 4.69) is 5.10 Å². The first-order chi connectivity index (χ1) is 14.7. The number of carboxylic acid groups (broad SMARTS) is 3. The molecule has 2 heterocycles. The largest absolute Gasteiger partial charge is 0.481 e. The molecule has 9 nitrogen and oxygen atoms in total. The number of carbonyl (C=O) groups is 4. The molecule has 0 saturated carbocycles. The number of nitrogens with zero attached hydrogens (tertiary/aromatic N) is 2. The van der Waals surface area contributed by atoms with Crippen molar-refractivity contribution in [2.75, 3.05) is 0 Å². The molecule has 3 rings (SSSR count).